The number of nitrogens with one attached hydrogen (secondary N) is 1. The van der Waals surface area contributed by atoms with Gasteiger partial charge in [0.15, 0.2) is 0 Å². The number of carbonyl (C=O) groups excluding carboxylic acids is 3. The van der Waals surface area contributed by atoms with Crippen LogP contribution in [0.1, 0.15) is 46.0 Å². The van der Waals surface area contributed by atoms with E-state index in [1.165, 1.54) is 11.0 Å². The van der Waals surface area contributed by atoms with Crippen LogP contribution in [-0.2, 0) is 22.1 Å². The van der Waals surface area contributed by atoms with Crippen molar-refractivity contribution in [1.82, 2.24) is 10.2 Å². The van der Waals surface area contributed by atoms with E-state index in [4.69, 9.17) is 4.74 Å². The zero-order valence-corrected chi connectivity index (χ0v) is 22.2. The first kappa shape index (κ1) is 26.6. The van der Waals surface area contributed by atoms with E-state index in [9.17, 15) is 23.0 Å². The zero-order valence-electron chi connectivity index (χ0n) is 21.4. The lowest BCUT2D eigenvalue weighted by Crippen LogP contribution is -2.46. The van der Waals surface area contributed by atoms with Gasteiger partial charge in [-0.2, -0.15) is 0 Å². The molecule has 3 aromatic carbocycles. The lowest BCUT2D eigenvalue weighted by Gasteiger charge is -2.31. The largest absolute Gasteiger partial charge is 0.450 e. The SMILES string of the molecule is CCOC(=O)N1CCC(NC(=O)c2ccc3c(c2)N(Cc2ccccc2F)C(=O)c2ccccc2[S@@]3=O)CC1. The molecule has 0 saturated carbocycles. The molecule has 3 amide bonds. The van der Waals surface area contributed by atoms with Gasteiger partial charge in [0.2, 0.25) is 0 Å². The molecule has 2 aliphatic rings. The number of nitrogens with zero attached hydrogens (tertiary/aromatic N) is 2. The lowest BCUT2D eigenvalue weighted by molar-refractivity contribution is 0.0858. The van der Waals surface area contributed by atoms with Gasteiger partial charge >= 0.3 is 6.09 Å². The van der Waals surface area contributed by atoms with Gasteiger partial charge in [0.1, 0.15) is 5.82 Å². The van der Waals surface area contributed by atoms with Crippen molar-refractivity contribution in [3.8, 4) is 0 Å². The number of carbonyl (C=O) groups is 3. The van der Waals surface area contributed by atoms with Gasteiger partial charge in [-0.05, 0) is 56.2 Å². The molecule has 1 fully saturated rings. The Kier molecular flexibility index (Phi) is 7.74. The maximum Gasteiger partial charge on any atom is 0.409 e. The fourth-order valence-corrected chi connectivity index (χ4v) is 6.19. The average molecular weight is 550 g/mol. The van der Waals surface area contributed by atoms with Gasteiger partial charge in [-0.3, -0.25) is 9.59 Å². The quantitative estimate of drug-likeness (QED) is 0.506. The van der Waals surface area contributed by atoms with E-state index in [1.807, 2.05) is 0 Å². The molecule has 39 heavy (non-hydrogen) atoms. The summed E-state index contributed by atoms with van der Waals surface area (Å²) in [7, 11) is -1.69. The summed E-state index contributed by atoms with van der Waals surface area (Å²) in [5, 5.41) is 3.01. The van der Waals surface area contributed by atoms with Crippen molar-refractivity contribution in [2.75, 3.05) is 24.6 Å². The second-order valence-electron chi connectivity index (χ2n) is 9.36. The Hall–Kier alpha value is -4.05. The molecule has 2 heterocycles. The van der Waals surface area contributed by atoms with Crippen LogP contribution in [0.3, 0.4) is 0 Å². The number of hydrogen-bond donors (Lipinski definition) is 1. The molecular formula is C29H28FN3O5S. The number of halogens is 1. The van der Waals surface area contributed by atoms with Crippen LogP contribution >= 0.6 is 0 Å². The van der Waals surface area contributed by atoms with E-state index < -0.39 is 22.5 Å². The highest BCUT2D eigenvalue weighted by Crippen LogP contribution is 2.36. The number of piperidine rings is 1. The molecule has 0 bridgehead atoms. The van der Waals surface area contributed by atoms with Crippen molar-refractivity contribution in [2.45, 2.75) is 42.1 Å². The van der Waals surface area contributed by atoms with E-state index in [1.54, 1.807) is 72.5 Å². The fraction of sp³-hybridized carbons (Fsp3) is 0.276. The van der Waals surface area contributed by atoms with Crippen molar-refractivity contribution >= 4 is 34.4 Å². The van der Waals surface area contributed by atoms with Crippen molar-refractivity contribution in [3.05, 3.63) is 89.2 Å². The maximum absolute atomic E-state index is 14.6. The summed E-state index contributed by atoms with van der Waals surface area (Å²) in [6, 6.07) is 17.4. The number of likely N-dealkylation sites (tertiary alicyclic amines) is 1. The smallest absolute Gasteiger partial charge is 0.409 e. The number of hydrogen-bond acceptors (Lipinski definition) is 5. The van der Waals surface area contributed by atoms with Crippen LogP contribution in [0.5, 0.6) is 0 Å². The number of amides is 3. The van der Waals surface area contributed by atoms with Gasteiger partial charge < -0.3 is 19.9 Å². The number of ether oxygens (including phenoxy) is 1. The molecule has 0 unspecified atom stereocenters. The summed E-state index contributed by atoms with van der Waals surface area (Å²) < 4.78 is 33.2. The van der Waals surface area contributed by atoms with Gasteiger partial charge in [-0.1, -0.05) is 30.3 Å². The molecule has 3 aromatic rings. The van der Waals surface area contributed by atoms with Crippen molar-refractivity contribution in [3.63, 3.8) is 0 Å². The van der Waals surface area contributed by atoms with E-state index in [2.05, 4.69) is 5.32 Å². The highest BCUT2D eigenvalue weighted by atomic mass is 32.2. The third-order valence-corrected chi connectivity index (χ3v) is 8.42. The molecule has 0 spiro atoms. The topological polar surface area (TPSA) is 96.0 Å². The third kappa shape index (κ3) is 5.42. The maximum atomic E-state index is 14.6. The van der Waals surface area contributed by atoms with E-state index in [0.29, 0.717) is 53.6 Å². The second kappa shape index (κ2) is 11.4. The Labute approximate surface area is 228 Å². The van der Waals surface area contributed by atoms with Crippen LogP contribution in [0.2, 0.25) is 0 Å². The molecule has 1 N–H and O–H groups in total. The standard InChI is InChI=1S/C29H28FN3O5S/c1-2-38-29(36)32-15-13-21(14-16-32)31-27(34)19-11-12-26-24(17-19)33(18-20-7-3-5-9-23(20)30)28(35)22-8-4-6-10-25(22)39(26)37/h3-12,17,21H,2,13-16,18H2,1H3,(H,31,34)/t39-/m0/s1. The summed E-state index contributed by atoms with van der Waals surface area (Å²) in [5.41, 5.74) is 1.14. The monoisotopic (exact) mass is 549 g/mol. The van der Waals surface area contributed by atoms with Crippen molar-refractivity contribution in [2.24, 2.45) is 0 Å². The second-order valence-corrected chi connectivity index (χ2v) is 10.8. The number of rotatable bonds is 5. The summed E-state index contributed by atoms with van der Waals surface area (Å²) in [6.07, 6.45) is 0.793. The molecule has 5 rings (SSSR count). The molecular weight excluding hydrogens is 521 g/mol. The van der Waals surface area contributed by atoms with Crippen LogP contribution in [0.25, 0.3) is 0 Å². The number of benzene rings is 3. The Morgan fingerprint density at radius 3 is 2.49 bits per heavy atom. The van der Waals surface area contributed by atoms with Crippen LogP contribution in [0, 0.1) is 5.82 Å². The summed E-state index contributed by atoms with van der Waals surface area (Å²) in [6.45, 7) is 2.90. The molecule has 2 aliphatic heterocycles. The molecule has 0 aromatic heterocycles. The fourth-order valence-electron chi connectivity index (χ4n) is 4.85. The number of anilines is 1. The molecule has 0 radical (unpaired) electrons. The Balaban J connectivity index is 1.43. The minimum absolute atomic E-state index is 0.0958. The average Bonchev–Trinajstić information content (AvgIpc) is 3.04. The van der Waals surface area contributed by atoms with Crippen molar-refractivity contribution < 1.29 is 27.7 Å². The first-order valence-electron chi connectivity index (χ1n) is 12.8. The van der Waals surface area contributed by atoms with Gasteiger partial charge in [0, 0.05) is 30.3 Å². The van der Waals surface area contributed by atoms with E-state index in [-0.39, 0.29) is 35.7 Å². The van der Waals surface area contributed by atoms with Crippen LogP contribution < -0.4 is 10.2 Å². The van der Waals surface area contributed by atoms with Gasteiger partial charge in [-0.25, -0.2) is 13.4 Å². The Morgan fingerprint density at radius 2 is 1.74 bits per heavy atom. The van der Waals surface area contributed by atoms with Gasteiger partial charge in [0.05, 0.1) is 45.0 Å². The van der Waals surface area contributed by atoms with E-state index in [0.717, 1.165) is 0 Å². The van der Waals surface area contributed by atoms with Crippen LogP contribution in [0.15, 0.2) is 76.5 Å². The molecule has 8 nitrogen and oxygen atoms in total. The highest BCUT2D eigenvalue weighted by Gasteiger charge is 2.32. The van der Waals surface area contributed by atoms with Crippen molar-refractivity contribution in [1.29, 1.82) is 0 Å². The summed E-state index contributed by atoms with van der Waals surface area (Å²) >= 11 is 0. The Morgan fingerprint density at radius 1 is 1.03 bits per heavy atom. The molecule has 1 atom stereocenters. The normalized spacial score (nSPS) is 17.2. The zero-order chi connectivity index (χ0) is 27.5. The predicted octanol–water partition coefficient (Wildman–Crippen LogP) is 4.50. The minimum atomic E-state index is -1.69. The van der Waals surface area contributed by atoms with Crippen LogP contribution in [0.4, 0.5) is 14.9 Å². The first-order chi connectivity index (χ1) is 18.9. The summed E-state index contributed by atoms with van der Waals surface area (Å²) in [4.78, 5) is 42.7. The van der Waals surface area contributed by atoms with Gasteiger partial charge in [0.25, 0.3) is 11.8 Å². The minimum Gasteiger partial charge on any atom is -0.450 e. The van der Waals surface area contributed by atoms with Crippen LogP contribution in [-0.4, -0.2) is 52.8 Å². The molecule has 0 aliphatic carbocycles. The number of fused-ring (bicyclic) bond motifs is 2. The van der Waals surface area contributed by atoms with E-state index >= 15 is 0 Å². The predicted molar refractivity (Wildman–Crippen MR) is 144 cm³/mol. The molecule has 202 valence electrons. The summed E-state index contributed by atoms with van der Waals surface area (Å²) in [5.74, 6) is -1.24. The third-order valence-electron chi connectivity index (χ3n) is 6.92. The molecule has 10 heteroatoms. The van der Waals surface area contributed by atoms with Gasteiger partial charge in [-0.15, -0.1) is 0 Å². The highest BCUT2D eigenvalue weighted by molar-refractivity contribution is 7.85. The lowest BCUT2D eigenvalue weighted by atomic mass is 10.0. The first-order valence-corrected chi connectivity index (χ1v) is 13.9. The molecule has 1 saturated heterocycles. The Bertz CT molecular complexity index is 1450.